The fourth-order valence-corrected chi connectivity index (χ4v) is 2.18. The molecule has 2 rings (SSSR count). The first kappa shape index (κ1) is 16.9. The number of hydrogen-bond donors (Lipinski definition) is 4. The fourth-order valence-electron chi connectivity index (χ4n) is 1.84. The average Bonchev–Trinajstić information content (AvgIpc) is 2.44. The molecule has 0 aliphatic carbocycles. The highest BCUT2D eigenvalue weighted by Gasteiger charge is 2.30. The number of fused-ring (bicyclic) bond motifs is 1. The molecule has 1 heterocycles. The number of rotatable bonds is 4. The van der Waals surface area contributed by atoms with E-state index >= 15 is 0 Å². The van der Waals surface area contributed by atoms with Crippen LogP contribution in [0, 0.1) is 10.1 Å². The molecule has 0 radical (unpaired) electrons. The van der Waals surface area contributed by atoms with Gasteiger partial charge in [-0.25, -0.2) is 14.8 Å². The number of nitro benzene ring substituents is 1. The third-order valence-corrected chi connectivity index (χ3v) is 4.57. The van der Waals surface area contributed by atoms with Crippen LogP contribution in [0.3, 0.4) is 0 Å². The van der Waals surface area contributed by atoms with E-state index in [0.717, 1.165) is 6.07 Å². The quantitative estimate of drug-likeness (QED) is 0.208. The van der Waals surface area contributed by atoms with E-state index in [1.807, 2.05) is 0 Å². The maximum atomic E-state index is 11.5. The topological polar surface area (TPSA) is 162 Å². The van der Waals surface area contributed by atoms with Crippen LogP contribution in [0.15, 0.2) is 26.7 Å². The predicted molar refractivity (Wildman–Crippen MR) is 85.9 cm³/mol. The number of nitrogens with zero attached hydrogens (tertiary/aromatic N) is 2. The number of H-pyrrole nitrogens is 2. The minimum Gasteiger partial charge on any atom is -0.316 e. The van der Waals surface area contributed by atoms with E-state index in [4.69, 9.17) is 0 Å². The molecule has 10 nitrogen and oxygen atoms in total. The Morgan fingerprint density at radius 3 is 2.48 bits per heavy atom. The van der Waals surface area contributed by atoms with Gasteiger partial charge in [0.15, 0.2) is 0 Å². The van der Waals surface area contributed by atoms with Crippen molar-refractivity contribution in [2.45, 2.75) is 13.5 Å². The standard InChI is InChI=1S/C12H13N4O6P/c1-6(23(2,21)22)13-5-7-3-8(16(19)20)4-9-10(7)15-12(18)11(17)14-9/h3-4,21-22H,5H2,1-2H3,(H-,14,15,17,18)/p+1. The van der Waals surface area contributed by atoms with Crippen LogP contribution in [-0.4, -0.2) is 36.8 Å². The first-order valence-electron chi connectivity index (χ1n) is 6.37. The van der Waals surface area contributed by atoms with Gasteiger partial charge in [-0.05, 0) is 0 Å². The van der Waals surface area contributed by atoms with Crippen molar-refractivity contribution in [3.63, 3.8) is 0 Å². The normalized spacial score (nSPS) is 12.6. The van der Waals surface area contributed by atoms with E-state index < -0.39 is 23.8 Å². The fraction of sp³-hybridized carbons (Fsp3) is 0.250. The molecule has 0 saturated carbocycles. The lowest BCUT2D eigenvalue weighted by Crippen LogP contribution is -2.29. The molecular formula is C12H14N4O6P+. The zero-order valence-electron chi connectivity index (χ0n) is 12.2. The zero-order valence-corrected chi connectivity index (χ0v) is 13.1. The summed E-state index contributed by atoms with van der Waals surface area (Å²) in [7, 11) is -3.27. The smallest absolute Gasteiger partial charge is 0.314 e. The van der Waals surface area contributed by atoms with Gasteiger partial charge in [0.1, 0.15) is 6.66 Å². The summed E-state index contributed by atoms with van der Waals surface area (Å²) < 4.78 is 0. The van der Waals surface area contributed by atoms with Gasteiger partial charge in [0.2, 0.25) is 5.45 Å². The van der Waals surface area contributed by atoms with Crippen molar-refractivity contribution in [3.8, 4) is 0 Å². The molecule has 11 heteroatoms. The number of hydrogen-bond acceptors (Lipinski definition) is 7. The Morgan fingerprint density at radius 2 is 1.91 bits per heavy atom. The van der Waals surface area contributed by atoms with Gasteiger partial charge in [0, 0.05) is 24.6 Å². The van der Waals surface area contributed by atoms with Crippen molar-refractivity contribution >= 4 is 29.9 Å². The summed E-state index contributed by atoms with van der Waals surface area (Å²) >= 11 is 0. The number of nitrogens with one attached hydrogen (secondary N) is 2. The van der Waals surface area contributed by atoms with E-state index in [2.05, 4.69) is 15.0 Å². The van der Waals surface area contributed by atoms with Crippen molar-refractivity contribution in [1.82, 2.24) is 9.97 Å². The van der Waals surface area contributed by atoms with Gasteiger partial charge >= 0.3 is 18.8 Å². The van der Waals surface area contributed by atoms with Crippen LogP contribution in [0.25, 0.3) is 11.0 Å². The molecule has 23 heavy (non-hydrogen) atoms. The monoisotopic (exact) mass is 341 g/mol. The van der Waals surface area contributed by atoms with E-state index in [1.54, 1.807) is 0 Å². The molecule has 0 saturated heterocycles. The lowest BCUT2D eigenvalue weighted by atomic mass is 10.1. The van der Waals surface area contributed by atoms with Crippen LogP contribution >= 0.6 is 7.72 Å². The van der Waals surface area contributed by atoms with E-state index in [0.29, 0.717) is 0 Å². The van der Waals surface area contributed by atoms with Crippen molar-refractivity contribution in [3.05, 3.63) is 48.5 Å². The molecule has 0 unspecified atom stereocenters. The second kappa shape index (κ2) is 5.99. The number of aliphatic imine (C=N–C) groups is 1. The van der Waals surface area contributed by atoms with Gasteiger partial charge in [-0.2, -0.15) is 0 Å². The number of aromatic amines is 2. The number of nitro groups is 1. The van der Waals surface area contributed by atoms with Crippen molar-refractivity contribution in [2.75, 3.05) is 6.66 Å². The predicted octanol–water partition coefficient (Wildman–Crippen LogP) is 0.505. The molecule has 1 aromatic heterocycles. The number of benzene rings is 1. The van der Waals surface area contributed by atoms with Crippen molar-refractivity contribution in [2.24, 2.45) is 4.99 Å². The minimum absolute atomic E-state index is 0.0946. The highest BCUT2D eigenvalue weighted by Crippen LogP contribution is 2.46. The van der Waals surface area contributed by atoms with Crippen LogP contribution in [0.1, 0.15) is 12.5 Å². The second-order valence-corrected chi connectivity index (χ2v) is 7.44. The Morgan fingerprint density at radius 1 is 1.30 bits per heavy atom. The summed E-state index contributed by atoms with van der Waals surface area (Å²) in [4.78, 5) is 60.8. The third-order valence-electron chi connectivity index (χ3n) is 3.20. The molecular weight excluding hydrogens is 327 g/mol. The SMILES string of the molecule is CC(=NCc1cc([N+](=O)[O-])cc2[nH]c(=O)c(=O)[nH]c12)[P+](C)(O)O. The molecule has 1 aromatic carbocycles. The third kappa shape index (κ3) is 3.67. The number of aromatic nitrogens is 2. The molecule has 0 bridgehead atoms. The van der Waals surface area contributed by atoms with Gasteiger partial charge in [0.05, 0.1) is 22.5 Å². The number of non-ortho nitro benzene ring substituents is 1. The molecule has 0 fully saturated rings. The van der Waals surface area contributed by atoms with E-state index in [1.165, 1.54) is 19.7 Å². The first-order chi connectivity index (χ1) is 10.6. The Balaban J connectivity index is 2.65. The first-order valence-corrected chi connectivity index (χ1v) is 8.51. The molecule has 122 valence electrons. The maximum Gasteiger partial charge on any atom is 0.314 e. The minimum atomic E-state index is -3.27. The van der Waals surface area contributed by atoms with Gasteiger partial charge in [-0.15, -0.1) is 0 Å². The summed E-state index contributed by atoms with van der Waals surface area (Å²) in [5, 5.41) is 11.0. The van der Waals surface area contributed by atoms with E-state index in [-0.39, 0.29) is 34.3 Å². The molecule has 2 aromatic rings. The molecule has 0 aliphatic rings. The Hall–Kier alpha value is -2.42. The van der Waals surface area contributed by atoms with Gasteiger partial charge in [-0.1, -0.05) is 0 Å². The Kier molecular flexibility index (Phi) is 4.42. The molecule has 0 atom stereocenters. The van der Waals surface area contributed by atoms with Crippen LogP contribution in [0.2, 0.25) is 0 Å². The van der Waals surface area contributed by atoms with Crippen LogP contribution in [0.5, 0.6) is 0 Å². The summed E-state index contributed by atoms with van der Waals surface area (Å²) in [5.41, 5.74) is -1.43. The van der Waals surface area contributed by atoms with Gasteiger partial charge in [-0.3, -0.25) is 19.7 Å². The highest BCUT2D eigenvalue weighted by atomic mass is 31.2. The summed E-state index contributed by atoms with van der Waals surface area (Å²) in [5.74, 6) is 0. The molecule has 0 spiro atoms. The second-order valence-electron chi connectivity index (χ2n) is 4.97. The zero-order chi connectivity index (χ0) is 17.4. The van der Waals surface area contributed by atoms with Crippen molar-refractivity contribution < 1.29 is 14.7 Å². The van der Waals surface area contributed by atoms with Crippen molar-refractivity contribution in [1.29, 1.82) is 0 Å². The van der Waals surface area contributed by atoms with Crippen LogP contribution in [-0.2, 0) is 6.54 Å². The average molecular weight is 341 g/mol. The van der Waals surface area contributed by atoms with E-state index in [9.17, 15) is 29.5 Å². The lowest BCUT2D eigenvalue weighted by molar-refractivity contribution is -0.384. The maximum absolute atomic E-state index is 11.5. The highest BCUT2D eigenvalue weighted by molar-refractivity contribution is 7.80. The summed E-state index contributed by atoms with van der Waals surface area (Å²) in [6.07, 6.45) is 0. The van der Waals surface area contributed by atoms with Gasteiger partial charge in [0.25, 0.3) is 5.69 Å². The molecule has 0 amide bonds. The van der Waals surface area contributed by atoms with Crippen LogP contribution in [0.4, 0.5) is 5.69 Å². The Bertz CT molecular complexity index is 924. The Labute approximate surface area is 129 Å². The summed E-state index contributed by atoms with van der Waals surface area (Å²) in [6.45, 7) is 2.54. The lowest BCUT2D eigenvalue weighted by Gasteiger charge is -2.07. The van der Waals surface area contributed by atoms with Crippen LogP contribution < -0.4 is 11.1 Å². The molecule has 0 aliphatic heterocycles. The summed E-state index contributed by atoms with van der Waals surface area (Å²) in [6, 6.07) is 2.33. The molecule has 4 N–H and O–H groups in total. The largest absolute Gasteiger partial charge is 0.316 e. The van der Waals surface area contributed by atoms with Gasteiger partial charge < -0.3 is 9.97 Å².